The molecule has 1 aliphatic rings. The third-order valence-electron chi connectivity index (χ3n) is 4.33. The van der Waals surface area contributed by atoms with Gasteiger partial charge in [-0.1, -0.05) is 29.8 Å². The summed E-state index contributed by atoms with van der Waals surface area (Å²) in [5, 5.41) is 7.04. The zero-order valence-electron chi connectivity index (χ0n) is 16.3. The second-order valence-corrected chi connectivity index (χ2v) is 6.80. The second kappa shape index (κ2) is 10.6. The molecule has 0 unspecified atom stereocenters. The van der Waals surface area contributed by atoms with Crippen LogP contribution < -0.4 is 15.6 Å². The summed E-state index contributed by atoms with van der Waals surface area (Å²) in [6.07, 6.45) is 5.44. The minimum atomic E-state index is -0.379. The highest BCUT2D eigenvalue weighted by Crippen LogP contribution is 2.22. The fourth-order valence-electron chi connectivity index (χ4n) is 2.76. The molecule has 1 aliphatic heterocycles. The molecule has 3 aromatic rings. The first kappa shape index (κ1) is 20.9. The van der Waals surface area contributed by atoms with Crippen LogP contribution >= 0.6 is 11.6 Å². The van der Waals surface area contributed by atoms with Crippen molar-refractivity contribution < 1.29 is 9.47 Å². The lowest BCUT2D eigenvalue weighted by atomic mass is 10.2. The quantitative estimate of drug-likeness (QED) is 0.658. The number of para-hydroxylation sites is 1. The van der Waals surface area contributed by atoms with Gasteiger partial charge in [0.25, 0.3) is 5.56 Å². The van der Waals surface area contributed by atoms with Crippen LogP contribution in [0.5, 0.6) is 11.5 Å². The van der Waals surface area contributed by atoms with Crippen LogP contribution in [-0.2, 0) is 4.74 Å². The molecule has 29 heavy (non-hydrogen) atoms. The summed E-state index contributed by atoms with van der Waals surface area (Å²) in [5.74, 6) is 1.42. The Morgan fingerprint density at radius 2 is 1.66 bits per heavy atom. The topological polar surface area (TPSA) is 65.4 Å². The van der Waals surface area contributed by atoms with Crippen LogP contribution in [-0.4, -0.2) is 30.0 Å². The van der Waals surface area contributed by atoms with E-state index < -0.39 is 0 Å². The summed E-state index contributed by atoms with van der Waals surface area (Å²) < 4.78 is 12.0. The summed E-state index contributed by atoms with van der Waals surface area (Å²) in [5.41, 5.74) is 0.729. The Bertz CT molecular complexity index is 944. The minimum Gasteiger partial charge on any atom is -0.457 e. The molecule has 4 rings (SSSR count). The first-order valence-corrected chi connectivity index (χ1v) is 9.93. The number of hydrogen-bond acceptors (Lipinski definition) is 5. The zero-order chi connectivity index (χ0) is 20.5. The van der Waals surface area contributed by atoms with Gasteiger partial charge in [-0.15, -0.1) is 0 Å². The Morgan fingerprint density at radius 3 is 2.21 bits per heavy atom. The summed E-state index contributed by atoms with van der Waals surface area (Å²) in [6, 6.07) is 16.5. The second-order valence-electron chi connectivity index (χ2n) is 6.42. The molecule has 0 spiro atoms. The fraction of sp³-hybridized carbons (Fsp3) is 0.273. The minimum absolute atomic E-state index is 0.104. The van der Waals surface area contributed by atoms with Crippen LogP contribution in [0.25, 0.3) is 5.69 Å². The van der Waals surface area contributed by atoms with Crippen LogP contribution in [0.3, 0.4) is 0 Å². The van der Waals surface area contributed by atoms with Crippen LogP contribution in [0.2, 0.25) is 5.02 Å². The first-order valence-electron chi connectivity index (χ1n) is 9.55. The molecular formula is C22H24ClN3O3. The molecule has 7 heteroatoms. The molecule has 1 fully saturated rings. The van der Waals surface area contributed by atoms with Gasteiger partial charge in [0.15, 0.2) is 0 Å². The molecule has 6 nitrogen and oxygen atoms in total. The van der Waals surface area contributed by atoms with Gasteiger partial charge in [-0.2, -0.15) is 9.78 Å². The Balaban J connectivity index is 0.000000343. The van der Waals surface area contributed by atoms with Crippen molar-refractivity contribution in [2.45, 2.75) is 19.3 Å². The maximum Gasteiger partial charge on any atom is 0.292 e. The third-order valence-corrected chi connectivity index (χ3v) is 4.69. The van der Waals surface area contributed by atoms with Crippen LogP contribution in [0.4, 0.5) is 5.69 Å². The number of rotatable bonds is 4. The SMILES string of the molecule is C1CCOCC1.CNc1cnn(-c2ccc(Oc3ccccc3)cc2)c(=O)c1Cl. The van der Waals surface area contributed by atoms with E-state index in [1.807, 2.05) is 30.3 Å². The monoisotopic (exact) mass is 413 g/mol. The van der Waals surface area contributed by atoms with E-state index in [0.29, 0.717) is 17.1 Å². The standard InChI is InChI=1S/C17H14ClN3O2.C5H10O/c1-19-15-11-20-21(17(22)16(15)18)12-7-9-14(10-8-12)23-13-5-3-2-4-6-13;1-2-4-6-5-3-1/h2-11,19H,1H3;1-5H2. The summed E-state index contributed by atoms with van der Waals surface area (Å²) in [7, 11) is 1.68. The van der Waals surface area contributed by atoms with E-state index in [4.69, 9.17) is 21.1 Å². The van der Waals surface area contributed by atoms with Gasteiger partial charge in [-0.3, -0.25) is 4.79 Å². The number of halogens is 1. The van der Waals surface area contributed by atoms with Gasteiger partial charge in [-0.05, 0) is 55.7 Å². The normalized spacial score (nSPS) is 13.2. The molecule has 2 heterocycles. The van der Waals surface area contributed by atoms with Crippen molar-refractivity contribution in [2.75, 3.05) is 25.6 Å². The Hall–Kier alpha value is -2.83. The molecular weight excluding hydrogens is 390 g/mol. The number of anilines is 1. The first-order chi connectivity index (χ1) is 14.2. The lowest BCUT2D eigenvalue weighted by Crippen LogP contribution is -2.22. The predicted octanol–water partition coefficient (Wildman–Crippen LogP) is 4.91. The highest BCUT2D eigenvalue weighted by atomic mass is 35.5. The van der Waals surface area contributed by atoms with Crippen LogP contribution in [0, 0.1) is 0 Å². The van der Waals surface area contributed by atoms with Crippen molar-refractivity contribution in [2.24, 2.45) is 0 Å². The summed E-state index contributed by atoms with van der Waals surface area (Å²) >= 11 is 6.03. The molecule has 0 saturated carbocycles. The highest BCUT2D eigenvalue weighted by molar-refractivity contribution is 6.32. The molecule has 2 aromatic carbocycles. The lowest BCUT2D eigenvalue weighted by molar-refractivity contribution is 0.0968. The average molecular weight is 414 g/mol. The molecule has 0 amide bonds. The number of aromatic nitrogens is 2. The van der Waals surface area contributed by atoms with Gasteiger partial charge < -0.3 is 14.8 Å². The molecule has 0 radical (unpaired) electrons. The third kappa shape index (κ3) is 5.82. The Morgan fingerprint density at radius 1 is 1.00 bits per heavy atom. The van der Waals surface area contributed by atoms with E-state index >= 15 is 0 Å². The van der Waals surface area contributed by atoms with Crippen molar-refractivity contribution in [1.29, 1.82) is 0 Å². The van der Waals surface area contributed by atoms with Crippen molar-refractivity contribution in [3.63, 3.8) is 0 Å². The van der Waals surface area contributed by atoms with Gasteiger partial charge in [0.2, 0.25) is 0 Å². The zero-order valence-corrected chi connectivity index (χ0v) is 17.1. The summed E-state index contributed by atoms with van der Waals surface area (Å²) in [6.45, 7) is 2.00. The van der Waals surface area contributed by atoms with E-state index in [1.165, 1.54) is 30.1 Å². The van der Waals surface area contributed by atoms with Gasteiger partial charge in [0.1, 0.15) is 16.5 Å². The average Bonchev–Trinajstić information content (AvgIpc) is 2.79. The Kier molecular flexibility index (Phi) is 7.67. The van der Waals surface area contributed by atoms with Gasteiger partial charge in [0.05, 0.1) is 17.6 Å². The van der Waals surface area contributed by atoms with E-state index in [1.54, 1.807) is 31.3 Å². The van der Waals surface area contributed by atoms with Crippen LogP contribution in [0.15, 0.2) is 65.6 Å². The van der Waals surface area contributed by atoms with E-state index in [2.05, 4.69) is 10.4 Å². The van der Waals surface area contributed by atoms with E-state index in [-0.39, 0.29) is 10.6 Å². The van der Waals surface area contributed by atoms with Gasteiger partial charge in [-0.25, -0.2) is 0 Å². The van der Waals surface area contributed by atoms with Crippen LogP contribution in [0.1, 0.15) is 19.3 Å². The molecule has 0 atom stereocenters. The van der Waals surface area contributed by atoms with E-state index in [9.17, 15) is 4.79 Å². The lowest BCUT2D eigenvalue weighted by Gasteiger charge is -2.09. The molecule has 1 saturated heterocycles. The number of ether oxygens (including phenoxy) is 2. The van der Waals surface area contributed by atoms with Gasteiger partial charge in [0, 0.05) is 20.3 Å². The number of nitrogens with zero attached hydrogens (tertiary/aromatic N) is 2. The number of hydrogen-bond donors (Lipinski definition) is 1. The molecule has 0 bridgehead atoms. The fourth-order valence-corrected chi connectivity index (χ4v) is 2.98. The largest absolute Gasteiger partial charge is 0.457 e. The number of benzene rings is 2. The molecule has 0 aliphatic carbocycles. The van der Waals surface area contributed by atoms with Crippen molar-refractivity contribution in [3.8, 4) is 17.2 Å². The van der Waals surface area contributed by atoms with Gasteiger partial charge >= 0.3 is 0 Å². The number of nitrogens with one attached hydrogen (secondary N) is 1. The molecule has 1 N–H and O–H groups in total. The molecule has 1 aromatic heterocycles. The van der Waals surface area contributed by atoms with Crippen molar-refractivity contribution in [3.05, 3.63) is 76.2 Å². The van der Waals surface area contributed by atoms with Crippen molar-refractivity contribution >= 4 is 17.3 Å². The smallest absolute Gasteiger partial charge is 0.292 e. The predicted molar refractivity (Wildman–Crippen MR) is 116 cm³/mol. The van der Waals surface area contributed by atoms with Crippen molar-refractivity contribution in [1.82, 2.24) is 9.78 Å². The molecule has 152 valence electrons. The maximum atomic E-state index is 12.2. The van der Waals surface area contributed by atoms with E-state index in [0.717, 1.165) is 19.0 Å². The summed E-state index contributed by atoms with van der Waals surface area (Å²) in [4.78, 5) is 12.2. The Labute approximate surface area is 175 Å². The maximum absolute atomic E-state index is 12.2. The highest BCUT2D eigenvalue weighted by Gasteiger charge is 2.09.